The highest BCUT2D eigenvalue weighted by Gasteiger charge is 2.06. The van der Waals surface area contributed by atoms with Crippen molar-refractivity contribution in [3.05, 3.63) is 46.0 Å². The fourth-order valence-corrected chi connectivity index (χ4v) is 2.69. The highest BCUT2D eigenvalue weighted by atomic mass is 32.1. The van der Waals surface area contributed by atoms with E-state index in [9.17, 15) is 0 Å². The molecule has 2 heterocycles. The maximum atomic E-state index is 5.61. The van der Waals surface area contributed by atoms with E-state index in [1.807, 2.05) is 6.26 Å². The summed E-state index contributed by atoms with van der Waals surface area (Å²) in [5.41, 5.74) is 2.59. The zero-order chi connectivity index (χ0) is 13.5. The SMILES string of the molecule is CCCNCc1coc(CN(C)Cc2ccsc2)c1. The summed E-state index contributed by atoms with van der Waals surface area (Å²) in [5.74, 6) is 1.03. The topological polar surface area (TPSA) is 28.4 Å². The molecule has 0 saturated carbocycles. The van der Waals surface area contributed by atoms with E-state index in [-0.39, 0.29) is 0 Å². The molecule has 19 heavy (non-hydrogen) atoms. The molecule has 4 heteroatoms. The Morgan fingerprint density at radius 2 is 2.21 bits per heavy atom. The van der Waals surface area contributed by atoms with Crippen molar-refractivity contribution < 1.29 is 4.42 Å². The van der Waals surface area contributed by atoms with Crippen LogP contribution in [0.5, 0.6) is 0 Å². The standard InChI is InChI=1S/C15H22N2OS/c1-3-5-16-8-14-7-15(18-11-14)10-17(2)9-13-4-6-19-12-13/h4,6-7,11-12,16H,3,5,8-10H2,1-2H3. The summed E-state index contributed by atoms with van der Waals surface area (Å²) in [6, 6.07) is 4.32. The normalized spacial score (nSPS) is 11.3. The summed E-state index contributed by atoms with van der Waals surface area (Å²) in [6.45, 7) is 5.94. The molecule has 0 saturated heterocycles. The number of nitrogens with zero attached hydrogens (tertiary/aromatic N) is 1. The lowest BCUT2D eigenvalue weighted by Gasteiger charge is -2.13. The zero-order valence-electron chi connectivity index (χ0n) is 11.7. The molecule has 0 spiro atoms. The molecule has 0 atom stereocenters. The molecule has 0 aliphatic rings. The molecular weight excluding hydrogens is 256 g/mol. The minimum atomic E-state index is 0.851. The Labute approximate surface area is 119 Å². The van der Waals surface area contributed by atoms with Gasteiger partial charge in [-0.1, -0.05) is 6.92 Å². The predicted molar refractivity (Wildman–Crippen MR) is 80.2 cm³/mol. The van der Waals surface area contributed by atoms with Crippen molar-refractivity contribution >= 4 is 11.3 Å². The molecule has 0 aliphatic heterocycles. The molecule has 0 radical (unpaired) electrons. The summed E-state index contributed by atoms with van der Waals surface area (Å²) in [4.78, 5) is 2.27. The van der Waals surface area contributed by atoms with Gasteiger partial charge in [-0.25, -0.2) is 0 Å². The van der Waals surface area contributed by atoms with Crippen LogP contribution in [0, 0.1) is 0 Å². The third-order valence-corrected chi connectivity index (χ3v) is 3.65. The lowest BCUT2D eigenvalue weighted by atomic mass is 10.3. The second-order valence-corrected chi connectivity index (χ2v) is 5.68. The van der Waals surface area contributed by atoms with Crippen LogP contribution in [0.3, 0.4) is 0 Å². The van der Waals surface area contributed by atoms with Gasteiger partial charge in [-0.05, 0) is 48.5 Å². The summed E-state index contributed by atoms with van der Waals surface area (Å²) < 4.78 is 5.61. The number of hydrogen-bond acceptors (Lipinski definition) is 4. The van der Waals surface area contributed by atoms with Gasteiger partial charge < -0.3 is 9.73 Å². The van der Waals surface area contributed by atoms with E-state index < -0.39 is 0 Å². The Hall–Kier alpha value is -1.10. The van der Waals surface area contributed by atoms with Crippen LogP contribution in [0.1, 0.15) is 30.2 Å². The molecule has 104 valence electrons. The van der Waals surface area contributed by atoms with Gasteiger partial charge in [-0.15, -0.1) is 0 Å². The molecule has 3 nitrogen and oxygen atoms in total. The first-order valence-electron chi connectivity index (χ1n) is 6.74. The monoisotopic (exact) mass is 278 g/mol. The van der Waals surface area contributed by atoms with Gasteiger partial charge in [0.25, 0.3) is 0 Å². The molecule has 0 bridgehead atoms. The lowest BCUT2D eigenvalue weighted by Crippen LogP contribution is -2.16. The van der Waals surface area contributed by atoms with Crippen LogP contribution in [0.25, 0.3) is 0 Å². The molecule has 0 unspecified atom stereocenters. The Morgan fingerprint density at radius 3 is 2.95 bits per heavy atom. The van der Waals surface area contributed by atoms with Crippen LogP contribution < -0.4 is 5.32 Å². The van der Waals surface area contributed by atoms with Crippen molar-refractivity contribution in [1.29, 1.82) is 0 Å². The van der Waals surface area contributed by atoms with E-state index in [1.54, 1.807) is 11.3 Å². The van der Waals surface area contributed by atoms with Gasteiger partial charge in [-0.2, -0.15) is 11.3 Å². The number of rotatable bonds is 8. The van der Waals surface area contributed by atoms with E-state index in [4.69, 9.17) is 4.42 Å². The average Bonchev–Trinajstić information content (AvgIpc) is 3.02. The largest absolute Gasteiger partial charge is 0.468 e. The van der Waals surface area contributed by atoms with Crippen LogP contribution in [-0.2, 0) is 19.6 Å². The van der Waals surface area contributed by atoms with Crippen LogP contribution in [0.15, 0.2) is 33.6 Å². The van der Waals surface area contributed by atoms with Crippen molar-refractivity contribution in [3.8, 4) is 0 Å². The van der Waals surface area contributed by atoms with Crippen LogP contribution in [0.2, 0.25) is 0 Å². The first kappa shape index (κ1) is 14.3. The quantitative estimate of drug-likeness (QED) is 0.749. The predicted octanol–water partition coefficient (Wildman–Crippen LogP) is 3.47. The molecule has 2 aromatic rings. The van der Waals surface area contributed by atoms with E-state index in [0.717, 1.165) is 38.4 Å². The second kappa shape index (κ2) is 7.48. The van der Waals surface area contributed by atoms with Crippen LogP contribution in [-0.4, -0.2) is 18.5 Å². The highest BCUT2D eigenvalue weighted by molar-refractivity contribution is 7.07. The Bertz CT molecular complexity index is 464. The summed E-state index contributed by atoms with van der Waals surface area (Å²) in [6.07, 6.45) is 3.02. The minimum Gasteiger partial charge on any atom is -0.468 e. The van der Waals surface area contributed by atoms with Crippen molar-refractivity contribution in [3.63, 3.8) is 0 Å². The van der Waals surface area contributed by atoms with Gasteiger partial charge in [0.2, 0.25) is 0 Å². The van der Waals surface area contributed by atoms with Gasteiger partial charge in [0.05, 0.1) is 12.8 Å². The average molecular weight is 278 g/mol. The van der Waals surface area contributed by atoms with E-state index in [1.165, 1.54) is 11.1 Å². The third kappa shape index (κ3) is 4.82. The van der Waals surface area contributed by atoms with Gasteiger partial charge in [0.1, 0.15) is 5.76 Å². The maximum Gasteiger partial charge on any atom is 0.118 e. The number of furan rings is 1. The van der Waals surface area contributed by atoms with Crippen LogP contribution >= 0.6 is 11.3 Å². The summed E-state index contributed by atoms with van der Waals surface area (Å²) >= 11 is 1.74. The van der Waals surface area contributed by atoms with Crippen LogP contribution in [0.4, 0.5) is 0 Å². The Balaban J connectivity index is 1.78. The Morgan fingerprint density at radius 1 is 1.32 bits per heavy atom. The first-order chi connectivity index (χ1) is 9.28. The number of thiophene rings is 1. The van der Waals surface area contributed by atoms with Gasteiger partial charge >= 0.3 is 0 Å². The molecule has 0 amide bonds. The van der Waals surface area contributed by atoms with Crippen molar-refractivity contribution in [1.82, 2.24) is 10.2 Å². The molecule has 0 fully saturated rings. The van der Waals surface area contributed by atoms with E-state index in [0.29, 0.717) is 0 Å². The number of nitrogens with one attached hydrogen (secondary N) is 1. The third-order valence-electron chi connectivity index (χ3n) is 2.92. The highest BCUT2D eigenvalue weighted by Crippen LogP contribution is 2.13. The first-order valence-corrected chi connectivity index (χ1v) is 7.69. The fraction of sp³-hybridized carbons (Fsp3) is 0.467. The molecule has 0 aliphatic carbocycles. The Kier molecular flexibility index (Phi) is 5.63. The smallest absolute Gasteiger partial charge is 0.118 e. The molecular formula is C15H22N2OS. The molecule has 2 rings (SSSR count). The van der Waals surface area contributed by atoms with Crippen molar-refractivity contribution in [2.24, 2.45) is 0 Å². The second-order valence-electron chi connectivity index (χ2n) is 4.90. The van der Waals surface area contributed by atoms with Gasteiger partial charge in [-0.3, -0.25) is 4.90 Å². The molecule has 1 N–H and O–H groups in total. The van der Waals surface area contributed by atoms with E-state index >= 15 is 0 Å². The summed E-state index contributed by atoms with van der Waals surface area (Å²) in [7, 11) is 2.12. The minimum absolute atomic E-state index is 0.851. The van der Waals surface area contributed by atoms with Crippen molar-refractivity contribution in [2.75, 3.05) is 13.6 Å². The number of hydrogen-bond donors (Lipinski definition) is 1. The zero-order valence-corrected chi connectivity index (χ0v) is 12.5. The van der Waals surface area contributed by atoms with Crippen molar-refractivity contribution in [2.45, 2.75) is 33.0 Å². The van der Waals surface area contributed by atoms with Gasteiger partial charge in [0, 0.05) is 18.7 Å². The molecule has 2 aromatic heterocycles. The summed E-state index contributed by atoms with van der Waals surface area (Å²) in [5, 5.41) is 7.69. The van der Waals surface area contributed by atoms with Gasteiger partial charge in [0.15, 0.2) is 0 Å². The lowest BCUT2D eigenvalue weighted by molar-refractivity contribution is 0.288. The maximum absolute atomic E-state index is 5.61. The molecule has 0 aromatic carbocycles. The van der Waals surface area contributed by atoms with E-state index in [2.05, 4.69) is 47.1 Å². The fourth-order valence-electron chi connectivity index (χ4n) is 2.03.